The van der Waals surface area contributed by atoms with Gasteiger partial charge in [0.1, 0.15) is 11.0 Å². The second-order valence-electron chi connectivity index (χ2n) is 9.77. The largest absolute Gasteiger partial charge is 0.356 e. The number of anilines is 1. The number of aromatic nitrogens is 2. The van der Waals surface area contributed by atoms with E-state index in [9.17, 15) is 4.79 Å². The van der Waals surface area contributed by atoms with Gasteiger partial charge in [-0.15, -0.1) is 0 Å². The van der Waals surface area contributed by atoms with E-state index in [0.717, 1.165) is 68.5 Å². The second-order valence-corrected chi connectivity index (χ2v) is 11.1. The first-order valence-electron chi connectivity index (χ1n) is 13.4. The number of thioether (sulfide) groups is 1. The normalized spacial score (nSPS) is 16.8. The van der Waals surface area contributed by atoms with E-state index in [1.807, 2.05) is 41.3 Å². The third-order valence-electron chi connectivity index (χ3n) is 7.04. The Morgan fingerprint density at radius 3 is 2.37 bits per heavy atom. The minimum atomic E-state index is 0.105. The molecule has 0 spiro atoms. The number of piperazine rings is 1. The number of piperidine rings is 1. The maximum absolute atomic E-state index is 13.1. The van der Waals surface area contributed by atoms with E-state index in [2.05, 4.69) is 51.2 Å². The average Bonchev–Trinajstić information content (AvgIpc) is 2.97. The van der Waals surface area contributed by atoms with Gasteiger partial charge in [-0.2, -0.15) is 0 Å². The first kappa shape index (κ1) is 26.7. The van der Waals surface area contributed by atoms with Crippen LogP contribution in [-0.2, 0) is 5.75 Å². The van der Waals surface area contributed by atoms with Gasteiger partial charge >= 0.3 is 0 Å². The summed E-state index contributed by atoms with van der Waals surface area (Å²) in [5.74, 6) is 1.75. The van der Waals surface area contributed by atoms with Crippen molar-refractivity contribution in [1.82, 2.24) is 19.8 Å². The maximum atomic E-state index is 13.1. The summed E-state index contributed by atoms with van der Waals surface area (Å²) in [5, 5.41) is 1.17. The Labute approximate surface area is 234 Å². The number of halogens is 1. The molecule has 0 radical (unpaired) electrons. The van der Waals surface area contributed by atoms with Crippen molar-refractivity contribution in [3.63, 3.8) is 0 Å². The molecular formula is C30H34ClN5OS. The van der Waals surface area contributed by atoms with E-state index >= 15 is 0 Å². The molecule has 0 atom stereocenters. The van der Waals surface area contributed by atoms with Gasteiger partial charge in [-0.1, -0.05) is 78.0 Å². The lowest BCUT2D eigenvalue weighted by molar-refractivity contribution is 0.0650. The van der Waals surface area contributed by atoms with Crippen LogP contribution in [0.3, 0.4) is 0 Å². The summed E-state index contributed by atoms with van der Waals surface area (Å²) in [5.41, 5.74) is 3.08. The molecule has 1 aromatic heterocycles. The Hall–Kier alpha value is -2.87. The SMILES string of the molecule is O=C(c1ccc(CSc2nc(Cl)cc(N3CCCCC3)n2)cc1)N1CCN(C/C=C/c2ccccc2)CC1. The van der Waals surface area contributed by atoms with Gasteiger partial charge in [-0.05, 0) is 42.5 Å². The molecule has 198 valence electrons. The van der Waals surface area contributed by atoms with Crippen molar-refractivity contribution in [2.45, 2.75) is 30.2 Å². The fourth-order valence-corrected chi connectivity index (χ4v) is 5.88. The van der Waals surface area contributed by atoms with Gasteiger partial charge in [0.25, 0.3) is 5.91 Å². The molecule has 5 rings (SSSR count). The fourth-order valence-electron chi connectivity index (χ4n) is 4.84. The molecule has 2 saturated heterocycles. The van der Waals surface area contributed by atoms with Crippen molar-refractivity contribution in [1.29, 1.82) is 0 Å². The molecular weight excluding hydrogens is 514 g/mol. The Morgan fingerprint density at radius 1 is 0.895 bits per heavy atom. The number of amides is 1. The van der Waals surface area contributed by atoms with Crippen molar-refractivity contribution in [3.8, 4) is 0 Å². The van der Waals surface area contributed by atoms with Crippen LogP contribution >= 0.6 is 23.4 Å². The zero-order valence-corrected chi connectivity index (χ0v) is 23.2. The van der Waals surface area contributed by atoms with E-state index in [1.54, 1.807) is 11.8 Å². The van der Waals surface area contributed by atoms with Crippen LogP contribution in [-0.4, -0.2) is 71.5 Å². The number of rotatable bonds is 8. The van der Waals surface area contributed by atoms with Gasteiger partial charge in [0.2, 0.25) is 0 Å². The van der Waals surface area contributed by atoms with Crippen LogP contribution in [0, 0.1) is 0 Å². The lowest BCUT2D eigenvalue weighted by Gasteiger charge is -2.34. The molecule has 0 N–H and O–H groups in total. The third-order valence-corrected chi connectivity index (χ3v) is 8.15. The van der Waals surface area contributed by atoms with Crippen LogP contribution in [0.4, 0.5) is 5.82 Å². The highest BCUT2D eigenvalue weighted by molar-refractivity contribution is 7.98. The third kappa shape index (κ3) is 7.37. The zero-order valence-electron chi connectivity index (χ0n) is 21.6. The van der Waals surface area contributed by atoms with Crippen molar-refractivity contribution < 1.29 is 4.79 Å². The van der Waals surface area contributed by atoms with Crippen molar-refractivity contribution >= 4 is 41.2 Å². The first-order valence-corrected chi connectivity index (χ1v) is 14.7. The van der Waals surface area contributed by atoms with E-state index in [4.69, 9.17) is 16.6 Å². The van der Waals surface area contributed by atoms with Gasteiger partial charge in [0, 0.05) is 63.2 Å². The zero-order chi connectivity index (χ0) is 26.2. The summed E-state index contributed by atoms with van der Waals surface area (Å²) in [6, 6.07) is 20.1. The van der Waals surface area contributed by atoms with Crippen LogP contribution in [0.15, 0.2) is 71.9 Å². The van der Waals surface area contributed by atoms with Gasteiger partial charge in [0.05, 0.1) is 0 Å². The van der Waals surface area contributed by atoms with Crippen LogP contribution in [0.2, 0.25) is 5.15 Å². The highest BCUT2D eigenvalue weighted by Gasteiger charge is 2.21. The standard InChI is InChI=1S/C30H34ClN5OS/c31-27-22-28(35-16-5-2-6-17-35)33-30(32-27)38-23-25-11-13-26(14-12-25)29(37)36-20-18-34(19-21-36)15-7-10-24-8-3-1-4-9-24/h1,3-4,7-14,22H,2,5-6,15-21,23H2/b10-7+. The van der Waals surface area contributed by atoms with Crippen molar-refractivity contribution in [3.05, 3.63) is 88.6 Å². The van der Waals surface area contributed by atoms with Gasteiger partial charge in [-0.3, -0.25) is 9.69 Å². The highest BCUT2D eigenvalue weighted by Crippen LogP contribution is 2.26. The molecule has 8 heteroatoms. The molecule has 2 fully saturated rings. The fraction of sp³-hybridized carbons (Fsp3) is 0.367. The summed E-state index contributed by atoms with van der Waals surface area (Å²) in [7, 11) is 0. The second kappa shape index (κ2) is 13.3. The molecule has 0 saturated carbocycles. The number of benzene rings is 2. The monoisotopic (exact) mass is 547 g/mol. The highest BCUT2D eigenvalue weighted by atomic mass is 35.5. The summed E-state index contributed by atoms with van der Waals surface area (Å²) >= 11 is 7.87. The van der Waals surface area contributed by atoms with Crippen LogP contribution in [0.1, 0.15) is 40.7 Å². The van der Waals surface area contributed by atoms with Crippen LogP contribution in [0.5, 0.6) is 0 Å². The Morgan fingerprint density at radius 2 is 1.63 bits per heavy atom. The molecule has 2 aromatic carbocycles. The number of hydrogen-bond donors (Lipinski definition) is 0. The molecule has 0 bridgehead atoms. The molecule has 2 aliphatic rings. The van der Waals surface area contributed by atoms with E-state index in [0.29, 0.717) is 10.3 Å². The number of carbonyl (C=O) groups is 1. The molecule has 0 aliphatic carbocycles. The minimum absolute atomic E-state index is 0.105. The van der Waals surface area contributed by atoms with Crippen molar-refractivity contribution in [2.24, 2.45) is 0 Å². The average molecular weight is 548 g/mol. The summed E-state index contributed by atoms with van der Waals surface area (Å²) in [4.78, 5) is 28.9. The summed E-state index contributed by atoms with van der Waals surface area (Å²) in [6.45, 7) is 6.22. The van der Waals surface area contributed by atoms with Gasteiger partial charge in [-0.25, -0.2) is 9.97 Å². The Bertz CT molecular complexity index is 1220. The number of hydrogen-bond acceptors (Lipinski definition) is 6. The molecule has 1 amide bonds. The first-order chi connectivity index (χ1) is 18.6. The summed E-state index contributed by atoms with van der Waals surface area (Å²) in [6.07, 6.45) is 8.02. The predicted molar refractivity (Wildman–Crippen MR) is 157 cm³/mol. The summed E-state index contributed by atoms with van der Waals surface area (Å²) < 4.78 is 0. The van der Waals surface area contributed by atoms with Crippen LogP contribution < -0.4 is 4.90 Å². The molecule has 38 heavy (non-hydrogen) atoms. The van der Waals surface area contributed by atoms with Crippen molar-refractivity contribution in [2.75, 3.05) is 50.7 Å². The molecule has 3 heterocycles. The van der Waals surface area contributed by atoms with E-state index < -0.39 is 0 Å². The van der Waals surface area contributed by atoms with Crippen LogP contribution in [0.25, 0.3) is 6.08 Å². The smallest absolute Gasteiger partial charge is 0.253 e. The molecule has 0 unspecified atom stereocenters. The lowest BCUT2D eigenvalue weighted by atomic mass is 10.1. The lowest BCUT2D eigenvalue weighted by Crippen LogP contribution is -2.48. The molecule has 3 aromatic rings. The topological polar surface area (TPSA) is 52.6 Å². The van der Waals surface area contributed by atoms with E-state index in [-0.39, 0.29) is 5.91 Å². The van der Waals surface area contributed by atoms with Gasteiger partial charge in [0.15, 0.2) is 5.16 Å². The quantitative estimate of drug-likeness (QED) is 0.199. The minimum Gasteiger partial charge on any atom is -0.356 e. The molecule has 6 nitrogen and oxygen atoms in total. The Kier molecular flexibility index (Phi) is 9.33. The number of carbonyl (C=O) groups excluding carboxylic acids is 1. The maximum Gasteiger partial charge on any atom is 0.253 e. The number of nitrogens with zero attached hydrogens (tertiary/aromatic N) is 5. The molecule has 2 aliphatic heterocycles. The Balaban J connectivity index is 1.09. The van der Waals surface area contributed by atoms with E-state index in [1.165, 1.54) is 24.8 Å². The van der Waals surface area contributed by atoms with Gasteiger partial charge < -0.3 is 9.80 Å². The predicted octanol–water partition coefficient (Wildman–Crippen LogP) is 5.88.